The number of hydrogen-bond donors (Lipinski definition) is 2. The van der Waals surface area contributed by atoms with Crippen LogP contribution in [0.4, 0.5) is 10.1 Å². The van der Waals surface area contributed by atoms with Gasteiger partial charge in [-0.3, -0.25) is 0 Å². The molecule has 0 radical (unpaired) electrons. The molecule has 0 spiro atoms. The molecule has 0 bridgehead atoms. The molecule has 0 aliphatic heterocycles. The van der Waals surface area contributed by atoms with Crippen LogP contribution in [0.25, 0.3) is 5.57 Å². The summed E-state index contributed by atoms with van der Waals surface area (Å²) in [6.07, 6.45) is 0. The molecular formula is C16H13FN2O. The molecular weight excluding hydrogens is 255 g/mol. The highest BCUT2D eigenvalue weighted by atomic mass is 19.1. The van der Waals surface area contributed by atoms with Gasteiger partial charge in [0.15, 0.2) is 0 Å². The van der Waals surface area contributed by atoms with Gasteiger partial charge in [-0.1, -0.05) is 12.1 Å². The van der Waals surface area contributed by atoms with E-state index in [4.69, 9.17) is 0 Å². The number of phenolic OH excluding ortho intramolecular Hbond substituents is 1. The molecule has 2 aromatic rings. The van der Waals surface area contributed by atoms with Gasteiger partial charge in [0.25, 0.3) is 0 Å². The Balaban J connectivity index is 2.33. The number of allylic oxidation sites excluding steroid dienone is 2. The SMILES string of the molecule is C/C(Nc1ccc(F)cc1)=C(\C#N)c1cccc(O)c1. The minimum Gasteiger partial charge on any atom is -0.508 e. The summed E-state index contributed by atoms with van der Waals surface area (Å²) in [5.41, 5.74) is 2.37. The average molecular weight is 268 g/mol. The van der Waals surface area contributed by atoms with Crippen LogP contribution in [0, 0.1) is 17.1 Å². The predicted molar refractivity (Wildman–Crippen MR) is 76.3 cm³/mol. The van der Waals surface area contributed by atoms with Crippen LogP contribution in [0.1, 0.15) is 12.5 Å². The van der Waals surface area contributed by atoms with Crippen molar-refractivity contribution in [1.82, 2.24) is 0 Å². The van der Waals surface area contributed by atoms with E-state index in [1.165, 1.54) is 18.2 Å². The highest BCUT2D eigenvalue weighted by Gasteiger charge is 2.06. The van der Waals surface area contributed by atoms with Gasteiger partial charge >= 0.3 is 0 Å². The number of aromatic hydroxyl groups is 1. The van der Waals surface area contributed by atoms with Crippen LogP contribution in [-0.2, 0) is 0 Å². The zero-order valence-electron chi connectivity index (χ0n) is 10.9. The highest BCUT2D eigenvalue weighted by molar-refractivity contribution is 5.81. The number of halogens is 1. The maximum atomic E-state index is 12.8. The summed E-state index contributed by atoms with van der Waals surface area (Å²) < 4.78 is 12.8. The molecule has 2 rings (SSSR count). The summed E-state index contributed by atoms with van der Waals surface area (Å²) in [7, 11) is 0. The van der Waals surface area contributed by atoms with Crippen molar-refractivity contribution in [3.8, 4) is 11.8 Å². The summed E-state index contributed by atoms with van der Waals surface area (Å²) in [6, 6.07) is 14.5. The highest BCUT2D eigenvalue weighted by Crippen LogP contribution is 2.23. The van der Waals surface area contributed by atoms with Gasteiger partial charge in [-0.15, -0.1) is 0 Å². The molecule has 100 valence electrons. The lowest BCUT2D eigenvalue weighted by Gasteiger charge is -2.10. The zero-order valence-corrected chi connectivity index (χ0v) is 10.9. The average Bonchev–Trinajstić information content (AvgIpc) is 2.42. The lowest BCUT2D eigenvalue weighted by Crippen LogP contribution is -1.99. The fourth-order valence-corrected chi connectivity index (χ4v) is 1.84. The number of nitriles is 1. The lowest BCUT2D eigenvalue weighted by atomic mass is 10.0. The van der Waals surface area contributed by atoms with Crippen molar-refractivity contribution >= 4 is 11.3 Å². The summed E-state index contributed by atoms with van der Waals surface area (Å²) >= 11 is 0. The van der Waals surface area contributed by atoms with E-state index in [2.05, 4.69) is 11.4 Å². The first-order valence-corrected chi connectivity index (χ1v) is 6.03. The summed E-state index contributed by atoms with van der Waals surface area (Å²) in [5, 5.41) is 21.8. The van der Waals surface area contributed by atoms with Gasteiger partial charge in [-0.25, -0.2) is 4.39 Å². The van der Waals surface area contributed by atoms with E-state index in [0.717, 1.165) is 0 Å². The maximum absolute atomic E-state index is 12.8. The monoisotopic (exact) mass is 268 g/mol. The van der Waals surface area contributed by atoms with Crippen molar-refractivity contribution in [3.63, 3.8) is 0 Å². The molecule has 0 saturated carbocycles. The Morgan fingerprint density at radius 3 is 2.50 bits per heavy atom. The van der Waals surface area contributed by atoms with Crippen molar-refractivity contribution < 1.29 is 9.50 Å². The number of benzene rings is 2. The van der Waals surface area contributed by atoms with Gasteiger partial charge < -0.3 is 10.4 Å². The third-order valence-corrected chi connectivity index (χ3v) is 2.80. The lowest BCUT2D eigenvalue weighted by molar-refractivity contribution is 0.475. The van der Waals surface area contributed by atoms with Gasteiger partial charge in [-0.05, 0) is 48.9 Å². The Morgan fingerprint density at radius 2 is 1.90 bits per heavy atom. The molecule has 4 heteroatoms. The molecule has 2 aromatic carbocycles. The topological polar surface area (TPSA) is 56.0 Å². The van der Waals surface area contributed by atoms with Gasteiger partial charge in [-0.2, -0.15) is 5.26 Å². The summed E-state index contributed by atoms with van der Waals surface area (Å²) in [6.45, 7) is 1.76. The molecule has 0 heterocycles. The second-order valence-electron chi connectivity index (χ2n) is 4.29. The first kappa shape index (κ1) is 13.6. The first-order valence-electron chi connectivity index (χ1n) is 6.03. The van der Waals surface area contributed by atoms with Crippen molar-refractivity contribution in [2.24, 2.45) is 0 Å². The van der Waals surface area contributed by atoms with Gasteiger partial charge in [0.2, 0.25) is 0 Å². The van der Waals surface area contributed by atoms with E-state index in [1.54, 1.807) is 37.3 Å². The summed E-state index contributed by atoms with van der Waals surface area (Å²) in [5.74, 6) is -0.212. The molecule has 0 aromatic heterocycles. The Kier molecular flexibility index (Phi) is 4.02. The largest absolute Gasteiger partial charge is 0.508 e. The van der Waals surface area contributed by atoms with Crippen LogP contribution in [0.3, 0.4) is 0 Å². The molecule has 0 atom stereocenters. The zero-order chi connectivity index (χ0) is 14.5. The number of nitrogens with one attached hydrogen (secondary N) is 1. The molecule has 0 unspecified atom stereocenters. The molecule has 0 saturated heterocycles. The molecule has 0 amide bonds. The molecule has 3 nitrogen and oxygen atoms in total. The van der Waals surface area contributed by atoms with E-state index in [9.17, 15) is 14.8 Å². The second kappa shape index (κ2) is 5.89. The second-order valence-corrected chi connectivity index (χ2v) is 4.29. The van der Waals surface area contributed by atoms with Crippen LogP contribution in [0.2, 0.25) is 0 Å². The number of rotatable bonds is 3. The van der Waals surface area contributed by atoms with Crippen LogP contribution in [0.15, 0.2) is 54.2 Å². The molecule has 20 heavy (non-hydrogen) atoms. The normalized spacial score (nSPS) is 11.4. The Labute approximate surface area is 116 Å². The van der Waals surface area contributed by atoms with E-state index in [-0.39, 0.29) is 11.6 Å². The minimum absolute atomic E-state index is 0.102. The molecule has 0 aliphatic carbocycles. The van der Waals surface area contributed by atoms with E-state index >= 15 is 0 Å². The predicted octanol–water partition coefficient (Wildman–Crippen LogP) is 3.90. The van der Waals surface area contributed by atoms with Gasteiger partial charge in [0.05, 0.1) is 5.57 Å². The van der Waals surface area contributed by atoms with E-state index in [1.807, 2.05) is 0 Å². The molecule has 0 aliphatic rings. The first-order chi connectivity index (χ1) is 9.60. The van der Waals surface area contributed by atoms with Crippen molar-refractivity contribution in [1.29, 1.82) is 5.26 Å². The van der Waals surface area contributed by atoms with E-state index in [0.29, 0.717) is 22.5 Å². The number of nitrogens with zero attached hydrogens (tertiary/aromatic N) is 1. The minimum atomic E-state index is -0.314. The van der Waals surface area contributed by atoms with Crippen LogP contribution in [-0.4, -0.2) is 5.11 Å². The molecule has 0 fully saturated rings. The Bertz CT molecular complexity index is 684. The smallest absolute Gasteiger partial charge is 0.123 e. The fraction of sp³-hybridized carbons (Fsp3) is 0.0625. The number of hydrogen-bond acceptors (Lipinski definition) is 3. The standard InChI is InChI=1S/C16H13FN2O/c1-11(19-14-7-5-13(17)6-8-14)16(10-18)12-3-2-4-15(20)9-12/h2-9,19-20H,1H3/b16-11-. The Morgan fingerprint density at radius 1 is 1.20 bits per heavy atom. The maximum Gasteiger partial charge on any atom is 0.123 e. The third kappa shape index (κ3) is 3.15. The van der Waals surface area contributed by atoms with Crippen molar-refractivity contribution in [2.75, 3.05) is 5.32 Å². The Hall–Kier alpha value is -2.80. The number of anilines is 1. The van der Waals surface area contributed by atoms with E-state index < -0.39 is 0 Å². The quantitative estimate of drug-likeness (QED) is 0.830. The third-order valence-electron chi connectivity index (χ3n) is 2.80. The van der Waals surface area contributed by atoms with Crippen LogP contribution < -0.4 is 5.32 Å². The molecule has 2 N–H and O–H groups in total. The van der Waals surface area contributed by atoms with Gasteiger partial charge in [0, 0.05) is 11.4 Å². The summed E-state index contributed by atoms with van der Waals surface area (Å²) in [4.78, 5) is 0. The van der Waals surface area contributed by atoms with Crippen molar-refractivity contribution in [3.05, 3.63) is 65.6 Å². The van der Waals surface area contributed by atoms with Crippen LogP contribution >= 0.6 is 0 Å². The fourth-order valence-electron chi connectivity index (χ4n) is 1.84. The van der Waals surface area contributed by atoms with Crippen LogP contribution in [0.5, 0.6) is 5.75 Å². The van der Waals surface area contributed by atoms with Crippen molar-refractivity contribution in [2.45, 2.75) is 6.92 Å². The van der Waals surface area contributed by atoms with Gasteiger partial charge in [0.1, 0.15) is 17.6 Å². The number of phenols is 1.